The second kappa shape index (κ2) is 9.92. The van der Waals surface area contributed by atoms with Crippen LogP contribution in [0, 0.1) is 0 Å². The van der Waals surface area contributed by atoms with Crippen molar-refractivity contribution in [3.63, 3.8) is 0 Å². The summed E-state index contributed by atoms with van der Waals surface area (Å²) >= 11 is 0. The van der Waals surface area contributed by atoms with Crippen LogP contribution in [0.4, 0.5) is 13.2 Å². The summed E-state index contributed by atoms with van der Waals surface area (Å²) in [6.45, 7) is -2.70. The van der Waals surface area contributed by atoms with Gasteiger partial charge in [0, 0.05) is 12.0 Å². The van der Waals surface area contributed by atoms with E-state index in [1.54, 1.807) is 30.3 Å². The molecule has 0 aliphatic carbocycles. The van der Waals surface area contributed by atoms with E-state index >= 15 is 0 Å². The molecular weight excluding hydrogens is 377 g/mol. The van der Waals surface area contributed by atoms with E-state index in [-0.39, 0.29) is 13.0 Å². The van der Waals surface area contributed by atoms with Gasteiger partial charge < -0.3 is 10.1 Å². The zero-order chi connectivity index (χ0) is 19.6. The van der Waals surface area contributed by atoms with E-state index in [1.165, 1.54) is 11.4 Å². The molecule has 0 saturated heterocycles. The zero-order valence-electron chi connectivity index (χ0n) is 13.5. The molecule has 0 atom stereocenters. The SMILES string of the molecule is O=C(COC(=O)CCNS(=O)(=O)/C=C/c1ccccc1)NCC(F)(F)F. The fourth-order valence-electron chi connectivity index (χ4n) is 1.54. The quantitative estimate of drug-likeness (QED) is 0.613. The molecule has 144 valence electrons. The van der Waals surface area contributed by atoms with E-state index in [1.807, 2.05) is 0 Å². The number of carbonyl (C=O) groups is 2. The Morgan fingerprint density at radius 3 is 2.42 bits per heavy atom. The van der Waals surface area contributed by atoms with Crippen LogP contribution in [0.1, 0.15) is 12.0 Å². The summed E-state index contributed by atoms with van der Waals surface area (Å²) in [4.78, 5) is 22.4. The van der Waals surface area contributed by atoms with Gasteiger partial charge in [0.2, 0.25) is 10.0 Å². The molecule has 7 nitrogen and oxygen atoms in total. The highest BCUT2D eigenvalue weighted by Gasteiger charge is 2.27. The summed E-state index contributed by atoms with van der Waals surface area (Å²) in [7, 11) is -3.77. The van der Waals surface area contributed by atoms with Crippen LogP contribution >= 0.6 is 0 Å². The molecular formula is C15H17F3N2O5S. The number of amides is 1. The first-order chi connectivity index (χ1) is 12.1. The maximum atomic E-state index is 11.9. The summed E-state index contributed by atoms with van der Waals surface area (Å²) in [6.07, 6.45) is -3.58. The van der Waals surface area contributed by atoms with E-state index in [4.69, 9.17) is 0 Å². The number of rotatable bonds is 9. The molecule has 0 heterocycles. The van der Waals surface area contributed by atoms with Crippen molar-refractivity contribution < 1.29 is 35.9 Å². The predicted octanol–water partition coefficient (Wildman–Crippen LogP) is 1.19. The van der Waals surface area contributed by atoms with Crippen molar-refractivity contribution >= 4 is 28.0 Å². The maximum absolute atomic E-state index is 11.9. The maximum Gasteiger partial charge on any atom is 0.405 e. The molecule has 0 saturated carbocycles. The van der Waals surface area contributed by atoms with Crippen molar-refractivity contribution in [3.05, 3.63) is 41.3 Å². The lowest BCUT2D eigenvalue weighted by Crippen LogP contribution is -2.36. The summed E-state index contributed by atoms with van der Waals surface area (Å²) in [5.74, 6) is -2.04. The van der Waals surface area contributed by atoms with Crippen molar-refractivity contribution in [1.82, 2.24) is 10.0 Å². The Morgan fingerprint density at radius 2 is 1.81 bits per heavy atom. The first-order valence-electron chi connectivity index (χ1n) is 7.29. The molecule has 1 aromatic carbocycles. The minimum Gasteiger partial charge on any atom is -0.456 e. The highest BCUT2D eigenvalue weighted by atomic mass is 32.2. The zero-order valence-corrected chi connectivity index (χ0v) is 14.3. The predicted molar refractivity (Wildman–Crippen MR) is 87.0 cm³/mol. The minimum atomic E-state index is -4.56. The molecule has 0 aliphatic heterocycles. The van der Waals surface area contributed by atoms with Gasteiger partial charge in [-0.2, -0.15) is 13.2 Å². The van der Waals surface area contributed by atoms with Crippen LogP contribution in [0.3, 0.4) is 0 Å². The largest absolute Gasteiger partial charge is 0.456 e. The minimum absolute atomic E-state index is 0.287. The van der Waals surface area contributed by atoms with E-state index < -0.39 is 41.2 Å². The van der Waals surface area contributed by atoms with E-state index in [9.17, 15) is 31.2 Å². The van der Waals surface area contributed by atoms with Gasteiger partial charge in [-0.25, -0.2) is 13.1 Å². The summed E-state index contributed by atoms with van der Waals surface area (Å²) in [5, 5.41) is 2.46. The standard InChI is InChI=1S/C15H17F3N2O5S/c16-15(17,18)11-19-13(21)10-25-14(22)6-8-20-26(23,24)9-7-12-4-2-1-3-5-12/h1-5,7,9,20H,6,8,10-11H2,(H,19,21)/b9-7+. The highest BCUT2D eigenvalue weighted by molar-refractivity contribution is 7.92. The molecule has 0 aromatic heterocycles. The molecule has 0 spiro atoms. The van der Waals surface area contributed by atoms with E-state index in [0.717, 1.165) is 5.41 Å². The number of ether oxygens (including phenoxy) is 1. The van der Waals surface area contributed by atoms with Crippen LogP contribution in [-0.4, -0.2) is 46.2 Å². The van der Waals surface area contributed by atoms with Crippen molar-refractivity contribution in [1.29, 1.82) is 0 Å². The van der Waals surface area contributed by atoms with Gasteiger partial charge in [0.25, 0.3) is 5.91 Å². The molecule has 1 rings (SSSR count). The molecule has 0 fully saturated rings. The Labute approximate surface area is 148 Å². The molecule has 2 N–H and O–H groups in total. The van der Waals surface area contributed by atoms with Crippen LogP contribution in [0.25, 0.3) is 6.08 Å². The molecule has 11 heteroatoms. The summed E-state index contributed by atoms with van der Waals surface area (Å²) < 4.78 is 65.6. The number of halogens is 3. The number of sulfonamides is 1. The van der Waals surface area contributed by atoms with Crippen LogP contribution < -0.4 is 10.0 Å². The smallest absolute Gasteiger partial charge is 0.405 e. The number of carbonyl (C=O) groups excluding carboxylic acids is 2. The van der Waals surface area contributed by atoms with E-state index in [2.05, 4.69) is 9.46 Å². The number of nitrogens with one attached hydrogen (secondary N) is 2. The lowest BCUT2D eigenvalue weighted by molar-refractivity contribution is -0.151. The first kappa shape index (κ1) is 21.6. The molecule has 0 bridgehead atoms. The number of benzene rings is 1. The van der Waals surface area contributed by atoms with Gasteiger partial charge in [-0.1, -0.05) is 30.3 Å². The third-order valence-corrected chi connectivity index (χ3v) is 3.82. The Kier molecular flexibility index (Phi) is 8.26. The number of alkyl halides is 3. The van der Waals surface area contributed by atoms with Crippen LogP contribution in [-0.2, 0) is 24.3 Å². The van der Waals surface area contributed by atoms with Gasteiger partial charge in [0.05, 0.1) is 6.42 Å². The Morgan fingerprint density at radius 1 is 1.15 bits per heavy atom. The third-order valence-electron chi connectivity index (χ3n) is 2.72. The average molecular weight is 394 g/mol. The molecule has 0 aliphatic rings. The molecule has 1 aromatic rings. The molecule has 1 amide bonds. The Bertz CT molecular complexity index is 733. The Hall–Kier alpha value is -2.40. The summed E-state index contributed by atoms with van der Waals surface area (Å²) in [5.41, 5.74) is 0.669. The fraction of sp³-hybridized carbons (Fsp3) is 0.333. The average Bonchev–Trinajstić information content (AvgIpc) is 2.56. The van der Waals surface area contributed by atoms with Crippen LogP contribution in [0.2, 0.25) is 0 Å². The lowest BCUT2D eigenvalue weighted by Gasteiger charge is -2.08. The lowest BCUT2D eigenvalue weighted by atomic mass is 10.2. The van der Waals surface area contributed by atoms with Gasteiger partial charge in [0.1, 0.15) is 6.54 Å². The normalized spacial score (nSPS) is 12.1. The van der Waals surface area contributed by atoms with Crippen molar-refractivity contribution in [2.75, 3.05) is 19.7 Å². The number of hydrogen-bond donors (Lipinski definition) is 2. The van der Waals surface area contributed by atoms with Gasteiger partial charge >= 0.3 is 12.1 Å². The molecule has 0 radical (unpaired) electrons. The fourth-order valence-corrected chi connectivity index (χ4v) is 2.36. The number of esters is 1. The van der Waals surface area contributed by atoms with Crippen molar-refractivity contribution in [2.45, 2.75) is 12.6 Å². The van der Waals surface area contributed by atoms with Crippen molar-refractivity contribution in [2.24, 2.45) is 0 Å². The molecule has 0 unspecified atom stereocenters. The monoisotopic (exact) mass is 394 g/mol. The number of hydrogen-bond acceptors (Lipinski definition) is 5. The van der Waals surface area contributed by atoms with Crippen LogP contribution in [0.15, 0.2) is 35.7 Å². The highest BCUT2D eigenvalue weighted by Crippen LogP contribution is 2.11. The second-order valence-corrected chi connectivity index (χ2v) is 6.61. The van der Waals surface area contributed by atoms with Gasteiger partial charge in [0.15, 0.2) is 6.61 Å². The summed E-state index contributed by atoms with van der Waals surface area (Å²) in [6, 6.07) is 8.65. The Balaban J connectivity index is 2.28. The molecule has 26 heavy (non-hydrogen) atoms. The third kappa shape index (κ3) is 10.5. The topological polar surface area (TPSA) is 102 Å². The van der Waals surface area contributed by atoms with Gasteiger partial charge in [-0.05, 0) is 11.6 Å². The van der Waals surface area contributed by atoms with Crippen molar-refractivity contribution in [3.8, 4) is 0 Å². The first-order valence-corrected chi connectivity index (χ1v) is 8.84. The van der Waals surface area contributed by atoms with Crippen LogP contribution in [0.5, 0.6) is 0 Å². The van der Waals surface area contributed by atoms with Gasteiger partial charge in [-0.15, -0.1) is 0 Å². The van der Waals surface area contributed by atoms with Gasteiger partial charge in [-0.3, -0.25) is 9.59 Å². The second-order valence-electron chi connectivity index (χ2n) is 4.96. The van der Waals surface area contributed by atoms with E-state index in [0.29, 0.717) is 5.56 Å².